The number of rotatable bonds is 6. The molecule has 5 heteroatoms. The molecule has 0 saturated heterocycles. The summed E-state index contributed by atoms with van der Waals surface area (Å²) in [6, 6.07) is 15.7. The van der Waals surface area contributed by atoms with Gasteiger partial charge >= 0.3 is 0 Å². The molecule has 2 aromatic rings. The number of fused-ring (bicyclic) bond motifs is 1. The first kappa shape index (κ1) is 18.1. The molecule has 0 aromatic heterocycles. The van der Waals surface area contributed by atoms with Crippen molar-refractivity contribution in [3.8, 4) is 0 Å². The lowest BCUT2D eigenvalue weighted by molar-refractivity contribution is -0.124. The fourth-order valence-electron chi connectivity index (χ4n) is 3.03. The van der Waals surface area contributed by atoms with Gasteiger partial charge in [-0.15, -0.1) is 0 Å². The van der Waals surface area contributed by atoms with Crippen LogP contribution in [0.4, 0.5) is 5.69 Å². The number of hydrogen-bond donors (Lipinski definition) is 2. The highest BCUT2D eigenvalue weighted by atomic mass is 16.5. The van der Waals surface area contributed by atoms with Crippen LogP contribution in [0.1, 0.15) is 35.6 Å². The summed E-state index contributed by atoms with van der Waals surface area (Å²) in [6.45, 7) is 3.08. The highest BCUT2D eigenvalue weighted by molar-refractivity contribution is 5.93. The minimum absolute atomic E-state index is 0.120. The zero-order valence-electron chi connectivity index (χ0n) is 15.0. The first-order valence-corrected chi connectivity index (χ1v) is 8.94. The van der Waals surface area contributed by atoms with E-state index in [-0.39, 0.29) is 30.8 Å². The number of amides is 2. The third-order valence-electron chi connectivity index (χ3n) is 4.49. The Hall–Kier alpha value is -2.66. The zero-order valence-corrected chi connectivity index (χ0v) is 15.0. The zero-order chi connectivity index (χ0) is 18.4. The van der Waals surface area contributed by atoms with Gasteiger partial charge in [-0.05, 0) is 36.6 Å². The van der Waals surface area contributed by atoms with E-state index in [9.17, 15) is 9.59 Å². The van der Waals surface area contributed by atoms with Crippen LogP contribution in [0.2, 0.25) is 0 Å². The smallest absolute Gasteiger partial charge is 0.224 e. The van der Waals surface area contributed by atoms with Crippen molar-refractivity contribution in [2.75, 3.05) is 18.5 Å². The molecule has 5 nitrogen and oxygen atoms in total. The highest BCUT2D eigenvalue weighted by Crippen LogP contribution is 2.26. The molecule has 2 amide bonds. The third kappa shape index (κ3) is 4.92. The van der Waals surface area contributed by atoms with Gasteiger partial charge in [-0.1, -0.05) is 42.0 Å². The van der Waals surface area contributed by atoms with Crippen LogP contribution in [0.15, 0.2) is 48.5 Å². The molecule has 1 unspecified atom stereocenters. The van der Waals surface area contributed by atoms with Crippen molar-refractivity contribution < 1.29 is 14.3 Å². The van der Waals surface area contributed by atoms with Crippen LogP contribution in [0.25, 0.3) is 0 Å². The van der Waals surface area contributed by atoms with Crippen LogP contribution < -0.4 is 10.6 Å². The first-order valence-electron chi connectivity index (χ1n) is 8.94. The summed E-state index contributed by atoms with van der Waals surface area (Å²) in [5.41, 5.74) is 4.29. The Labute approximate surface area is 153 Å². The van der Waals surface area contributed by atoms with Gasteiger partial charge in [0.05, 0.1) is 6.61 Å². The molecule has 3 rings (SSSR count). The average Bonchev–Trinajstić information content (AvgIpc) is 2.66. The van der Waals surface area contributed by atoms with E-state index in [1.54, 1.807) is 0 Å². The van der Waals surface area contributed by atoms with Crippen molar-refractivity contribution in [3.63, 3.8) is 0 Å². The third-order valence-corrected chi connectivity index (χ3v) is 4.49. The van der Waals surface area contributed by atoms with Crippen LogP contribution in [0.5, 0.6) is 0 Å². The SMILES string of the molecule is Cc1ccc(NC(=O)CCC(=O)NCC2OCCc3ccccc32)cc1. The van der Waals surface area contributed by atoms with E-state index < -0.39 is 0 Å². The number of nitrogens with one attached hydrogen (secondary N) is 2. The maximum atomic E-state index is 12.1. The molecule has 1 heterocycles. The summed E-state index contributed by atoms with van der Waals surface area (Å²) in [6.07, 6.45) is 1.10. The Morgan fingerprint density at radius 2 is 1.77 bits per heavy atom. The standard InChI is InChI=1S/C21H24N2O3/c1-15-6-8-17(9-7-15)23-21(25)11-10-20(24)22-14-19-18-5-3-2-4-16(18)12-13-26-19/h2-9,19H,10-14H2,1H3,(H,22,24)(H,23,25). The van der Waals surface area contributed by atoms with Crippen LogP contribution in [0.3, 0.4) is 0 Å². The number of carbonyl (C=O) groups is 2. The minimum Gasteiger partial charge on any atom is -0.371 e. The maximum Gasteiger partial charge on any atom is 0.224 e. The van der Waals surface area contributed by atoms with Crippen LogP contribution in [-0.2, 0) is 20.7 Å². The summed E-state index contributed by atoms with van der Waals surface area (Å²) in [7, 11) is 0. The summed E-state index contributed by atoms with van der Waals surface area (Å²) in [5.74, 6) is -0.307. The van der Waals surface area contributed by atoms with Crippen molar-refractivity contribution in [2.45, 2.75) is 32.3 Å². The van der Waals surface area contributed by atoms with E-state index in [1.165, 1.54) is 5.56 Å². The molecule has 1 aliphatic rings. The lowest BCUT2D eigenvalue weighted by atomic mass is 9.97. The monoisotopic (exact) mass is 352 g/mol. The Morgan fingerprint density at radius 1 is 1.04 bits per heavy atom. The molecule has 2 aromatic carbocycles. The molecule has 136 valence electrons. The van der Waals surface area contributed by atoms with Crippen molar-refractivity contribution in [3.05, 3.63) is 65.2 Å². The molecule has 0 saturated carbocycles. The van der Waals surface area contributed by atoms with Crippen LogP contribution >= 0.6 is 0 Å². The van der Waals surface area contributed by atoms with E-state index in [0.717, 1.165) is 23.2 Å². The normalized spacial score (nSPS) is 15.8. The Morgan fingerprint density at radius 3 is 2.58 bits per heavy atom. The van der Waals surface area contributed by atoms with Gasteiger partial charge in [0.1, 0.15) is 6.10 Å². The van der Waals surface area contributed by atoms with Gasteiger partial charge in [0.15, 0.2) is 0 Å². The van der Waals surface area contributed by atoms with Crippen molar-refractivity contribution in [1.29, 1.82) is 0 Å². The van der Waals surface area contributed by atoms with Gasteiger partial charge in [0.2, 0.25) is 11.8 Å². The number of hydrogen-bond acceptors (Lipinski definition) is 3. The van der Waals surface area contributed by atoms with E-state index in [1.807, 2.05) is 49.4 Å². The number of aryl methyl sites for hydroxylation is 1. The fourth-order valence-corrected chi connectivity index (χ4v) is 3.03. The maximum absolute atomic E-state index is 12.1. The van der Waals surface area contributed by atoms with Gasteiger partial charge in [-0.25, -0.2) is 0 Å². The Bertz CT molecular complexity index is 771. The number of anilines is 1. The topological polar surface area (TPSA) is 67.4 Å². The Kier molecular flexibility index (Phi) is 6.02. The van der Waals surface area contributed by atoms with Gasteiger partial charge in [-0.3, -0.25) is 9.59 Å². The van der Waals surface area contributed by atoms with Gasteiger partial charge in [-0.2, -0.15) is 0 Å². The van der Waals surface area contributed by atoms with E-state index >= 15 is 0 Å². The summed E-state index contributed by atoms with van der Waals surface area (Å²) in [4.78, 5) is 24.0. The Balaban J connectivity index is 1.42. The van der Waals surface area contributed by atoms with Crippen LogP contribution in [-0.4, -0.2) is 25.0 Å². The molecular weight excluding hydrogens is 328 g/mol. The number of benzene rings is 2. The molecule has 0 bridgehead atoms. The van der Waals surface area contributed by atoms with Gasteiger partial charge < -0.3 is 15.4 Å². The molecule has 0 spiro atoms. The quantitative estimate of drug-likeness (QED) is 0.839. The molecule has 0 radical (unpaired) electrons. The van der Waals surface area contributed by atoms with E-state index in [4.69, 9.17) is 4.74 Å². The minimum atomic E-state index is -0.164. The molecule has 0 fully saturated rings. The number of carbonyl (C=O) groups excluding carboxylic acids is 2. The lowest BCUT2D eigenvalue weighted by Crippen LogP contribution is -2.32. The lowest BCUT2D eigenvalue weighted by Gasteiger charge is -2.26. The first-order chi connectivity index (χ1) is 12.6. The highest BCUT2D eigenvalue weighted by Gasteiger charge is 2.20. The summed E-state index contributed by atoms with van der Waals surface area (Å²) < 4.78 is 5.78. The van der Waals surface area contributed by atoms with E-state index in [2.05, 4.69) is 16.7 Å². The predicted molar refractivity (Wildman–Crippen MR) is 101 cm³/mol. The van der Waals surface area contributed by atoms with Crippen molar-refractivity contribution >= 4 is 17.5 Å². The molecule has 2 N–H and O–H groups in total. The summed E-state index contributed by atoms with van der Waals surface area (Å²) in [5, 5.41) is 5.68. The van der Waals surface area contributed by atoms with E-state index in [0.29, 0.717) is 13.2 Å². The molecule has 26 heavy (non-hydrogen) atoms. The van der Waals surface area contributed by atoms with Crippen molar-refractivity contribution in [2.24, 2.45) is 0 Å². The van der Waals surface area contributed by atoms with Crippen LogP contribution in [0, 0.1) is 6.92 Å². The molecular formula is C21H24N2O3. The molecule has 1 atom stereocenters. The second-order valence-electron chi connectivity index (χ2n) is 6.53. The number of ether oxygens (including phenoxy) is 1. The predicted octanol–water partition coefficient (Wildman–Crippen LogP) is 3.14. The van der Waals surface area contributed by atoms with Crippen molar-refractivity contribution in [1.82, 2.24) is 5.32 Å². The largest absolute Gasteiger partial charge is 0.371 e. The second-order valence-corrected chi connectivity index (χ2v) is 6.53. The van der Waals surface area contributed by atoms with Gasteiger partial charge in [0, 0.05) is 25.1 Å². The average molecular weight is 352 g/mol. The molecule has 0 aliphatic carbocycles. The fraction of sp³-hybridized carbons (Fsp3) is 0.333. The van der Waals surface area contributed by atoms with Gasteiger partial charge in [0.25, 0.3) is 0 Å². The second kappa shape index (κ2) is 8.63. The summed E-state index contributed by atoms with van der Waals surface area (Å²) >= 11 is 0. The molecule has 1 aliphatic heterocycles.